The zero-order valence-corrected chi connectivity index (χ0v) is 12.8. The topological polar surface area (TPSA) is 84.9 Å². The lowest BCUT2D eigenvalue weighted by Gasteiger charge is -2.16. The van der Waals surface area contributed by atoms with Crippen LogP contribution in [-0.2, 0) is 14.3 Å². The van der Waals surface area contributed by atoms with E-state index >= 15 is 0 Å². The lowest BCUT2D eigenvalue weighted by molar-refractivity contribution is -0.151. The fraction of sp³-hybridized carbons (Fsp3) is 0.467. The van der Waals surface area contributed by atoms with Crippen LogP contribution in [0.5, 0.6) is 5.75 Å². The Balaban J connectivity index is 2.01. The van der Waals surface area contributed by atoms with Gasteiger partial charge >= 0.3 is 12.1 Å². The van der Waals surface area contributed by atoms with Crippen molar-refractivity contribution in [1.82, 2.24) is 0 Å². The molecule has 1 aromatic carbocycles. The first-order valence-electron chi connectivity index (χ1n) is 7.34. The van der Waals surface area contributed by atoms with Crippen molar-refractivity contribution < 1.29 is 41.7 Å². The first-order chi connectivity index (χ1) is 11.7. The van der Waals surface area contributed by atoms with Gasteiger partial charge in [0.15, 0.2) is 6.10 Å². The maximum Gasteiger partial charge on any atom is 0.392 e. The van der Waals surface area contributed by atoms with Crippen molar-refractivity contribution in [2.75, 3.05) is 11.9 Å². The SMILES string of the molecule is O=C(Nc1ccc(F)cc1OCCC(F)(F)F)[C@@H]1CC[C@H](C(=O)O)O1. The maximum absolute atomic E-state index is 13.3. The quantitative estimate of drug-likeness (QED) is 0.758. The van der Waals surface area contributed by atoms with Gasteiger partial charge in [-0.25, -0.2) is 9.18 Å². The molecule has 1 heterocycles. The summed E-state index contributed by atoms with van der Waals surface area (Å²) in [5.41, 5.74) is -0.0315. The van der Waals surface area contributed by atoms with Crippen LogP contribution >= 0.6 is 0 Å². The number of anilines is 1. The summed E-state index contributed by atoms with van der Waals surface area (Å²) in [7, 11) is 0. The molecule has 0 bridgehead atoms. The second-order valence-electron chi connectivity index (χ2n) is 5.37. The van der Waals surface area contributed by atoms with Gasteiger partial charge in [-0.05, 0) is 25.0 Å². The summed E-state index contributed by atoms with van der Waals surface area (Å²) < 4.78 is 59.8. The van der Waals surface area contributed by atoms with Crippen LogP contribution in [0.1, 0.15) is 19.3 Å². The van der Waals surface area contributed by atoms with E-state index in [0.29, 0.717) is 0 Å². The summed E-state index contributed by atoms with van der Waals surface area (Å²) in [6.45, 7) is -0.739. The van der Waals surface area contributed by atoms with Crippen LogP contribution in [0.15, 0.2) is 18.2 Å². The third-order valence-electron chi connectivity index (χ3n) is 3.43. The van der Waals surface area contributed by atoms with E-state index < -0.39 is 49.1 Å². The Morgan fingerprint density at radius 1 is 1.28 bits per heavy atom. The molecule has 2 rings (SSSR count). The van der Waals surface area contributed by atoms with Crippen molar-refractivity contribution in [3.05, 3.63) is 24.0 Å². The summed E-state index contributed by atoms with van der Waals surface area (Å²) in [6, 6.07) is 2.99. The standard InChI is InChI=1S/C15H15F4NO5/c16-8-1-2-9(12(7-8)24-6-5-15(17,18)19)20-13(21)10-3-4-11(25-10)14(22)23/h1-2,7,10-11H,3-6H2,(H,20,21)(H,22,23)/t10-,11+/m0/s1. The first-order valence-corrected chi connectivity index (χ1v) is 7.34. The highest BCUT2D eigenvalue weighted by molar-refractivity contribution is 5.96. The molecular weight excluding hydrogens is 350 g/mol. The number of hydrogen-bond acceptors (Lipinski definition) is 4. The molecule has 0 saturated carbocycles. The summed E-state index contributed by atoms with van der Waals surface area (Å²) in [5.74, 6) is -2.88. The lowest BCUT2D eigenvalue weighted by atomic mass is 10.2. The Kier molecular flexibility index (Phi) is 5.83. The number of carboxylic acid groups (broad SMARTS) is 1. The Hall–Kier alpha value is -2.36. The summed E-state index contributed by atoms with van der Waals surface area (Å²) in [5, 5.41) is 11.2. The van der Waals surface area contributed by atoms with Gasteiger partial charge in [0.25, 0.3) is 5.91 Å². The van der Waals surface area contributed by atoms with E-state index in [9.17, 15) is 27.2 Å². The number of halogens is 4. The van der Waals surface area contributed by atoms with Gasteiger partial charge in [-0.15, -0.1) is 0 Å². The number of hydrogen-bond donors (Lipinski definition) is 2. The van der Waals surface area contributed by atoms with Gasteiger partial charge in [0.1, 0.15) is 17.7 Å². The minimum absolute atomic E-state index is 0.0315. The molecule has 10 heteroatoms. The minimum Gasteiger partial charge on any atom is -0.491 e. The Morgan fingerprint density at radius 2 is 1.96 bits per heavy atom. The predicted molar refractivity (Wildman–Crippen MR) is 76.7 cm³/mol. The van der Waals surface area contributed by atoms with Crippen molar-refractivity contribution in [2.45, 2.75) is 37.6 Å². The molecule has 25 heavy (non-hydrogen) atoms. The van der Waals surface area contributed by atoms with Crippen LogP contribution in [-0.4, -0.2) is 42.0 Å². The second-order valence-corrected chi connectivity index (χ2v) is 5.37. The predicted octanol–water partition coefficient (Wildman–Crippen LogP) is 2.73. The highest BCUT2D eigenvalue weighted by Gasteiger charge is 2.35. The molecule has 6 nitrogen and oxygen atoms in total. The Labute approximate surface area is 139 Å². The van der Waals surface area contributed by atoms with Gasteiger partial charge in [0, 0.05) is 6.07 Å². The molecule has 2 atom stereocenters. The molecule has 2 N–H and O–H groups in total. The summed E-state index contributed by atoms with van der Waals surface area (Å²) in [6.07, 6.45) is -7.44. The van der Waals surface area contributed by atoms with Crippen LogP contribution in [0.25, 0.3) is 0 Å². The maximum atomic E-state index is 13.3. The van der Waals surface area contributed by atoms with E-state index in [-0.39, 0.29) is 24.3 Å². The number of nitrogens with one attached hydrogen (secondary N) is 1. The largest absolute Gasteiger partial charge is 0.491 e. The third-order valence-corrected chi connectivity index (χ3v) is 3.43. The summed E-state index contributed by atoms with van der Waals surface area (Å²) >= 11 is 0. The molecule has 1 amide bonds. The fourth-order valence-corrected chi connectivity index (χ4v) is 2.22. The highest BCUT2D eigenvalue weighted by Crippen LogP contribution is 2.29. The van der Waals surface area contributed by atoms with Crippen LogP contribution in [0, 0.1) is 5.82 Å². The van der Waals surface area contributed by atoms with Gasteiger partial charge in [0.2, 0.25) is 0 Å². The van der Waals surface area contributed by atoms with Gasteiger partial charge in [0.05, 0.1) is 18.7 Å². The first kappa shape index (κ1) is 19.0. The number of amides is 1. The molecule has 1 fully saturated rings. The van der Waals surface area contributed by atoms with Crippen LogP contribution in [0.4, 0.5) is 23.2 Å². The molecule has 1 aromatic rings. The van der Waals surface area contributed by atoms with Crippen molar-refractivity contribution in [3.8, 4) is 5.75 Å². The molecule has 0 spiro atoms. The van der Waals surface area contributed by atoms with E-state index in [1.807, 2.05) is 0 Å². The van der Waals surface area contributed by atoms with E-state index in [1.54, 1.807) is 0 Å². The zero-order valence-electron chi connectivity index (χ0n) is 12.8. The van der Waals surface area contributed by atoms with Gasteiger partial charge in [-0.2, -0.15) is 13.2 Å². The van der Waals surface area contributed by atoms with E-state index in [1.165, 1.54) is 0 Å². The number of rotatable bonds is 6. The highest BCUT2D eigenvalue weighted by atomic mass is 19.4. The van der Waals surface area contributed by atoms with Gasteiger partial charge in [-0.3, -0.25) is 4.79 Å². The number of carbonyl (C=O) groups excluding carboxylic acids is 1. The molecule has 0 unspecified atom stereocenters. The van der Waals surface area contributed by atoms with Crippen molar-refractivity contribution >= 4 is 17.6 Å². The average Bonchev–Trinajstić information content (AvgIpc) is 2.99. The number of benzene rings is 1. The van der Waals surface area contributed by atoms with E-state index in [4.69, 9.17) is 14.6 Å². The second kappa shape index (κ2) is 7.68. The normalized spacial score (nSPS) is 20.3. The average molecular weight is 365 g/mol. The fourth-order valence-electron chi connectivity index (χ4n) is 2.22. The molecule has 0 aromatic heterocycles. The zero-order chi connectivity index (χ0) is 18.6. The third kappa shape index (κ3) is 5.59. The number of alkyl halides is 3. The molecule has 1 aliphatic heterocycles. The number of aliphatic carboxylic acids is 1. The van der Waals surface area contributed by atoms with Crippen molar-refractivity contribution in [1.29, 1.82) is 0 Å². The smallest absolute Gasteiger partial charge is 0.392 e. The van der Waals surface area contributed by atoms with E-state index in [0.717, 1.165) is 18.2 Å². The van der Waals surface area contributed by atoms with Crippen molar-refractivity contribution in [2.24, 2.45) is 0 Å². The van der Waals surface area contributed by atoms with Crippen molar-refractivity contribution in [3.63, 3.8) is 0 Å². The molecule has 1 aliphatic rings. The Bertz CT molecular complexity index is 649. The Morgan fingerprint density at radius 3 is 2.56 bits per heavy atom. The molecule has 0 aliphatic carbocycles. The molecular formula is C15H15F4NO5. The number of carbonyl (C=O) groups is 2. The molecule has 138 valence electrons. The van der Waals surface area contributed by atoms with Crippen LogP contribution in [0.3, 0.4) is 0 Å². The summed E-state index contributed by atoms with van der Waals surface area (Å²) in [4.78, 5) is 22.9. The van der Waals surface area contributed by atoms with Gasteiger partial charge in [-0.1, -0.05) is 0 Å². The lowest BCUT2D eigenvalue weighted by Crippen LogP contribution is -2.30. The molecule has 1 saturated heterocycles. The van der Waals surface area contributed by atoms with Crippen LogP contribution in [0.2, 0.25) is 0 Å². The molecule has 0 radical (unpaired) electrons. The monoisotopic (exact) mass is 365 g/mol. The minimum atomic E-state index is -4.43. The number of ether oxygens (including phenoxy) is 2. The van der Waals surface area contributed by atoms with E-state index in [2.05, 4.69) is 5.32 Å². The number of carboxylic acids is 1. The van der Waals surface area contributed by atoms with Gasteiger partial charge < -0.3 is 19.9 Å². The van der Waals surface area contributed by atoms with Crippen LogP contribution < -0.4 is 10.1 Å².